The lowest BCUT2D eigenvalue weighted by Gasteiger charge is -2.15. The molecule has 156 valence electrons. The molecule has 0 aliphatic carbocycles. The highest BCUT2D eigenvalue weighted by atomic mass is 16.4. The highest BCUT2D eigenvalue weighted by Crippen LogP contribution is 2.29. The van der Waals surface area contributed by atoms with Gasteiger partial charge in [0.1, 0.15) is 5.58 Å². The summed E-state index contributed by atoms with van der Waals surface area (Å²) >= 11 is 0. The number of fused-ring (bicyclic) bond motifs is 1. The molecule has 1 heterocycles. The van der Waals surface area contributed by atoms with E-state index in [1.165, 1.54) is 0 Å². The Bertz CT molecular complexity index is 1280. The lowest BCUT2D eigenvalue weighted by atomic mass is 10.1. The number of benzene rings is 3. The molecule has 0 aliphatic rings. The highest BCUT2D eigenvalue weighted by Gasteiger charge is 2.17. The molecule has 0 spiro atoms. The molecule has 6 heteroatoms. The molecular formula is C25H23N3O3. The zero-order valence-electron chi connectivity index (χ0n) is 17.4. The topological polar surface area (TPSA) is 83.4 Å². The Labute approximate surface area is 179 Å². The molecule has 0 fully saturated rings. The number of carbonyl (C=O) groups is 1. The van der Waals surface area contributed by atoms with E-state index >= 15 is 0 Å². The van der Waals surface area contributed by atoms with Crippen LogP contribution in [0.25, 0.3) is 11.0 Å². The van der Waals surface area contributed by atoms with Crippen molar-refractivity contribution in [1.29, 1.82) is 0 Å². The van der Waals surface area contributed by atoms with Crippen molar-refractivity contribution in [2.75, 3.05) is 16.0 Å². The average molecular weight is 413 g/mol. The van der Waals surface area contributed by atoms with E-state index < -0.39 is 11.7 Å². The number of amides is 2. The number of hydrogen-bond donors (Lipinski definition) is 3. The molecule has 1 aromatic heterocycles. The van der Waals surface area contributed by atoms with Gasteiger partial charge >= 0.3 is 11.7 Å². The van der Waals surface area contributed by atoms with E-state index in [2.05, 4.69) is 16.0 Å². The van der Waals surface area contributed by atoms with Crippen molar-refractivity contribution in [3.8, 4) is 0 Å². The van der Waals surface area contributed by atoms with Crippen LogP contribution in [0.3, 0.4) is 0 Å². The number of carbonyl (C=O) groups excluding carboxylic acids is 1. The number of anilines is 3. The Morgan fingerprint density at radius 2 is 1.52 bits per heavy atom. The monoisotopic (exact) mass is 413 g/mol. The van der Waals surface area contributed by atoms with Gasteiger partial charge in [0.2, 0.25) is 0 Å². The fourth-order valence-electron chi connectivity index (χ4n) is 3.56. The van der Waals surface area contributed by atoms with E-state index in [0.29, 0.717) is 28.9 Å². The molecule has 4 rings (SSSR count). The van der Waals surface area contributed by atoms with Gasteiger partial charge in [-0.05, 0) is 54.8 Å². The third kappa shape index (κ3) is 4.75. The predicted octanol–water partition coefficient (Wildman–Crippen LogP) is 5.67. The first-order valence-electron chi connectivity index (χ1n) is 9.99. The first kappa shape index (κ1) is 20.2. The van der Waals surface area contributed by atoms with Gasteiger partial charge in [0.05, 0.1) is 5.69 Å². The maximum Gasteiger partial charge on any atom is 0.362 e. The maximum atomic E-state index is 12.7. The van der Waals surface area contributed by atoms with Crippen LogP contribution < -0.4 is 21.6 Å². The van der Waals surface area contributed by atoms with E-state index in [4.69, 9.17) is 4.42 Å². The summed E-state index contributed by atoms with van der Waals surface area (Å²) in [5.74, 6) is 0. The fourth-order valence-corrected chi connectivity index (χ4v) is 3.56. The second kappa shape index (κ2) is 8.75. The Morgan fingerprint density at radius 1 is 0.839 bits per heavy atom. The number of para-hydroxylation sites is 1. The van der Waals surface area contributed by atoms with Crippen molar-refractivity contribution in [3.05, 3.63) is 99.9 Å². The lowest BCUT2D eigenvalue weighted by Crippen LogP contribution is -2.24. The molecule has 0 atom stereocenters. The van der Waals surface area contributed by atoms with Crippen LogP contribution in [0.4, 0.5) is 21.9 Å². The first-order valence-corrected chi connectivity index (χ1v) is 9.99. The standard InChI is InChI=1S/C25H23N3O3/c1-16-12-17(2)14-19(13-16)27-25(30)28-23-22(26-15-18-8-4-3-5-9-18)20-10-6-7-11-21(20)31-24(23)29/h3-14,26H,15H2,1-2H3,(H2,27,28,30). The molecular weight excluding hydrogens is 390 g/mol. The zero-order valence-corrected chi connectivity index (χ0v) is 17.4. The van der Waals surface area contributed by atoms with E-state index in [1.54, 1.807) is 12.1 Å². The van der Waals surface area contributed by atoms with Gasteiger partial charge in [-0.15, -0.1) is 0 Å². The molecule has 31 heavy (non-hydrogen) atoms. The number of hydrogen-bond acceptors (Lipinski definition) is 4. The molecule has 0 saturated heterocycles. The van der Waals surface area contributed by atoms with Gasteiger partial charge in [0.15, 0.2) is 5.69 Å². The maximum absolute atomic E-state index is 12.7. The summed E-state index contributed by atoms with van der Waals surface area (Å²) in [6.45, 7) is 4.40. The number of nitrogens with one attached hydrogen (secondary N) is 3. The van der Waals surface area contributed by atoms with Gasteiger partial charge in [0, 0.05) is 17.6 Å². The average Bonchev–Trinajstić information content (AvgIpc) is 2.73. The van der Waals surface area contributed by atoms with Crippen LogP contribution in [0.5, 0.6) is 0 Å². The third-order valence-corrected chi connectivity index (χ3v) is 4.84. The quantitative estimate of drug-likeness (QED) is 0.368. The minimum atomic E-state index is -0.621. The van der Waals surface area contributed by atoms with E-state index in [0.717, 1.165) is 16.7 Å². The lowest BCUT2D eigenvalue weighted by molar-refractivity contribution is 0.262. The molecule has 0 radical (unpaired) electrons. The minimum absolute atomic E-state index is 0.0662. The summed E-state index contributed by atoms with van der Waals surface area (Å²) in [5, 5.41) is 9.47. The smallest absolute Gasteiger partial charge is 0.362 e. The number of aryl methyl sites for hydroxylation is 2. The summed E-state index contributed by atoms with van der Waals surface area (Å²) in [4.78, 5) is 25.4. The SMILES string of the molecule is Cc1cc(C)cc(NC(=O)Nc2c(NCc3ccccc3)c3ccccc3oc2=O)c1. The Hall–Kier alpha value is -4.06. The summed E-state index contributed by atoms with van der Waals surface area (Å²) in [5.41, 5.74) is 4.18. The molecule has 0 aliphatic heterocycles. The summed E-state index contributed by atoms with van der Waals surface area (Å²) in [7, 11) is 0. The van der Waals surface area contributed by atoms with Crippen LogP contribution in [0.2, 0.25) is 0 Å². The molecule has 0 bridgehead atoms. The van der Waals surface area contributed by atoms with Crippen LogP contribution in [0.15, 0.2) is 82.0 Å². The Morgan fingerprint density at radius 3 is 2.26 bits per heavy atom. The summed E-state index contributed by atoms with van der Waals surface area (Å²) in [6.07, 6.45) is 0. The molecule has 0 saturated carbocycles. The van der Waals surface area contributed by atoms with Gasteiger partial charge in [-0.3, -0.25) is 5.32 Å². The van der Waals surface area contributed by atoms with Crippen LogP contribution >= 0.6 is 0 Å². The van der Waals surface area contributed by atoms with Crippen LogP contribution in [0, 0.1) is 13.8 Å². The van der Waals surface area contributed by atoms with Crippen molar-refractivity contribution in [3.63, 3.8) is 0 Å². The van der Waals surface area contributed by atoms with Crippen LogP contribution in [0.1, 0.15) is 16.7 Å². The molecule has 4 aromatic rings. The van der Waals surface area contributed by atoms with Crippen molar-refractivity contribution < 1.29 is 9.21 Å². The molecule has 6 nitrogen and oxygen atoms in total. The largest absolute Gasteiger partial charge is 0.421 e. The van der Waals surface area contributed by atoms with Crippen molar-refractivity contribution in [2.45, 2.75) is 20.4 Å². The fraction of sp³-hybridized carbons (Fsp3) is 0.120. The highest BCUT2D eigenvalue weighted by molar-refractivity contribution is 6.05. The Balaban J connectivity index is 1.66. The first-order chi connectivity index (χ1) is 15.0. The van der Waals surface area contributed by atoms with Crippen molar-refractivity contribution in [2.24, 2.45) is 0 Å². The van der Waals surface area contributed by atoms with Crippen molar-refractivity contribution in [1.82, 2.24) is 0 Å². The van der Waals surface area contributed by atoms with Gasteiger partial charge in [-0.2, -0.15) is 0 Å². The number of rotatable bonds is 5. The molecule has 3 aromatic carbocycles. The molecule has 0 unspecified atom stereocenters. The van der Waals surface area contributed by atoms with Gasteiger partial charge < -0.3 is 15.1 Å². The van der Waals surface area contributed by atoms with E-state index in [-0.39, 0.29) is 5.69 Å². The molecule has 2 amide bonds. The normalized spacial score (nSPS) is 10.6. The Kier molecular flexibility index (Phi) is 5.71. The van der Waals surface area contributed by atoms with Gasteiger partial charge in [0.25, 0.3) is 0 Å². The second-order valence-corrected chi connectivity index (χ2v) is 7.43. The summed E-state index contributed by atoms with van der Waals surface area (Å²) in [6, 6.07) is 22.3. The van der Waals surface area contributed by atoms with Crippen LogP contribution in [-0.2, 0) is 6.54 Å². The predicted molar refractivity (Wildman–Crippen MR) is 125 cm³/mol. The van der Waals surface area contributed by atoms with Crippen molar-refractivity contribution >= 4 is 34.1 Å². The minimum Gasteiger partial charge on any atom is -0.421 e. The molecule has 3 N–H and O–H groups in total. The zero-order chi connectivity index (χ0) is 21.8. The number of urea groups is 1. The second-order valence-electron chi connectivity index (χ2n) is 7.43. The van der Waals surface area contributed by atoms with E-state index in [9.17, 15) is 9.59 Å². The van der Waals surface area contributed by atoms with Gasteiger partial charge in [-0.25, -0.2) is 9.59 Å². The van der Waals surface area contributed by atoms with E-state index in [1.807, 2.05) is 74.5 Å². The van der Waals surface area contributed by atoms with Crippen LogP contribution in [-0.4, -0.2) is 6.03 Å². The third-order valence-electron chi connectivity index (χ3n) is 4.84. The van der Waals surface area contributed by atoms with Gasteiger partial charge in [-0.1, -0.05) is 48.5 Å². The summed E-state index contributed by atoms with van der Waals surface area (Å²) < 4.78 is 5.44.